The van der Waals surface area contributed by atoms with Gasteiger partial charge in [-0.25, -0.2) is 9.97 Å². The van der Waals surface area contributed by atoms with Crippen molar-refractivity contribution in [1.29, 1.82) is 0 Å². The molecule has 1 aromatic heterocycles. The molecule has 3 heterocycles. The van der Waals surface area contributed by atoms with Gasteiger partial charge in [0.05, 0.1) is 12.6 Å². The van der Waals surface area contributed by atoms with E-state index < -0.39 is 0 Å². The second-order valence-electron chi connectivity index (χ2n) is 12.3. The van der Waals surface area contributed by atoms with Gasteiger partial charge in [-0.2, -0.15) is 0 Å². The van der Waals surface area contributed by atoms with E-state index in [1.54, 1.807) is 7.11 Å². The number of hydrogen-bond acceptors (Lipinski definition) is 10. The number of nitrogens with zero attached hydrogens (tertiary/aromatic N) is 4. The van der Waals surface area contributed by atoms with Crippen LogP contribution in [0.2, 0.25) is 0 Å². The van der Waals surface area contributed by atoms with Crippen molar-refractivity contribution in [3.63, 3.8) is 0 Å². The third kappa shape index (κ3) is 7.23. The number of carbonyl (C=O) groups excluding carboxylic acids is 1. The van der Waals surface area contributed by atoms with Crippen LogP contribution < -0.4 is 31.0 Å². The van der Waals surface area contributed by atoms with Crippen LogP contribution >= 0.6 is 0 Å². The summed E-state index contributed by atoms with van der Waals surface area (Å²) in [6.45, 7) is 8.70. The maximum Gasteiger partial charge on any atom is 0.224 e. The van der Waals surface area contributed by atoms with Crippen LogP contribution in [0.4, 0.5) is 11.5 Å². The summed E-state index contributed by atoms with van der Waals surface area (Å²) in [6.07, 6.45) is 4.51. The van der Waals surface area contributed by atoms with E-state index in [1.807, 2.05) is 43.3 Å². The molecule has 0 spiro atoms. The number of methoxy groups -OCH3 is 1. The molecule has 11 heteroatoms. The maximum absolute atomic E-state index is 12.3. The predicted octanol–water partition coefficient (Wildman–Crippen LogP) is 3.73. The Morgan fingerprint density at radius 2 is 1.95 bits per heavy atom. The Morgan fingerprint density at radius 3 is 2.77 bits per heavy atom. The molecule has 236 valence electrons. The summed E-state index contributed by atoms with van der Waals surface area (Å²) in [5.41, 5.74) is 9.11. The van der Waals surface area contributed by atoms with Crippen LogP contribution in [-0.2, 0) is 4.79 Å². The number of rotatable bonds is 11. The number of piperazine rings is 1. The standard InChI is InChI=1S/C33H46N8O3/c1-4-6-31(42)35-24-8-5-7-22(17-24)32-37-28-20-29(43-3)30(44-16-15-41-13-11-40(2)12-14-41)19-26(28)33(38-32)36-25-9-10-27-23(18-25)21-34-39-27/h5,7-8,17,19-20,23,25,27,34,39H,4,6,9-16,18,21H2,1-3H3,(H,35,42)(H,36,37,38). The quantitative estimate of drug-likeness (QED) is 0.259. The number of ether oxygens (including phenoxy) is 2. The second-order valence-corrected chi connectivity index (χ2v) is 12.3. The Kier molecular flexibility index (Phi) is 9.76. The van der Waals surface area contributed by atoms with E-state index in [9.17, 15) is 4.79 Å². The van der Waals surface area contributed by atoms with E-state index in [0.29, 0.717) is 48.4 Å². The highest BCUT2D eigenvalue weighted by Crippen LogP contribution is 2.37. The van der Waals surface area contributed by atoms with E-state index in [1.165, 1.54) is 0 Å². The number of carbonyl (C=O) groups is 1. The number of likely N-dealkylation sites (N-methyl/N-ethyl adjacent to an activating group) is 1. The molecule has 3 fully saturated rings. The van der Waals surface area contributed by atoms with Crippen LogP contribution in [0.3, 0.4) is 0 Å². The van der Waals surface area contributed by atoms with Gasteiger partial charge in [-0.3, -0.25) is 20.5 Å². The Balaban J connectivity index is 1.30. The first-order valence-electron chi connectivity index (χ1n) is 16.1. The lowest BCUT2D eigenvalue weighted by atomic mass is 9.83. The number of hydrogen-bond donors (Lipinski definition) is 4. The molecule has 44 heavy (non-hydrogen) atoms. The van der Waals surface area contributed by atoms with Gasteiger partial charge in [0.25, 0.3) is 0 Å². The third-order valence-corrected chi connectivity index (χ3v) is 9.10. The van der Waals surface area contributed by atoms with E-state index in [-0.39, 0.29) is 5.91 Å². The first-order chi connectivity index (χ1) is 21.5. The molecule has 2 aliphatic heterocycles. The topological polar surface area (TPSA) is 116 Å². The first-order valence-corrected chi connectivity index (χ1v) is 16.1. The summed E-state index contributed by atoms with van der Waals surface area (Å²) in [4.78, 5) is 27.2. The minimum absolute atomic E-state index is 0.00261. The van der Waals surface area contributed by atoms with Crippen LogP contribution in [-0.4, -0.2) is 97.8 Å². The number of benzene rings is 2. The minimum Gasteiger partial charge on any atom is -0.493 e. The van der Waals surface area contributed by atoms with Gasteiger partial charge in [-0.15, -0.1) is 0 Å². The fourth-order valence-electron chi connectivity index (χ4n) is 6.52. The van der Waals surface area contributed by atoms with Crippen LogP contribution in [0.25, 0.3) is 22.3 Å². The van der Waals surface area contributed by atoms with Crippen molar-refractivity contribution in [2.24, 2.45) is 5.92 Å². The maximum atomic E-state index is 12.3. The van der Waals surface area contributed by atoms with E-state index in [0.717, 1.165) is 92.9 Å². The Morgan fingerprint density at radius 1 is 1.09 bits per heavy atom. The molecular formula is C33H46N8O3. The molecule has 2 aromatic carbocycles. The van der Waals surface area contributed by atoms with Gasteiger partial charge in [0.15, 0.2) is 17.3 Å². The number of fused-ring (bicyclic) bond motifs is 2. The summed E-state index contributed by atoms with van der Waals surface area (Å²) in [5, 5.41) is 7.70. The van der Waals surface area contributed by atoms with Gasteiger partial charge in [-0.1, -0.05) is 19.1 Å². The molecule has 3 atom stereocenters. The SMILES string of the molecule is CCCC(=O)Nc1cccc(-c2nc(NC3CCC4NNCC4C3)c3cc(OCCN4CCN(C)CC4)c(OC)cc3n2)c1. The number of nitrogens with one attached hydrogen (secondary N) is 4. The van der Waals surface area contributed by atoms with E-state index in [4.69, 9.17) is 19.4 Å². The zero-order valence-corrected chi connectivity index (χ0v) is 26.2. The highest BCUT2D eigenvalue weighted by atomic mass is 16.5. The summed E-state index contributed by atoms with van der Waals surface area (Å²) < 4.78 is 12.1. The fraction of sp³-hybridized carbons (Fsp3) is 0.545. The van der Waals surface area contributed by atoms with Gasteiger partial charge in [0.1, 0.15) is 12.4 Å². The lowest BCUT2D eigenvalue weighted by molar-refractivity contribution is -0.116. The van der Waals surface area contributed by atoms with Crippen molar-refractivity contribution >= 4 is 28.3 Å². The number of aromatic nitrogens is 2. The molecule has 3 unspecified atom stereocenters. The summed E-state index contributed by atoms with van der Waals surface area (Å²) >= 11 is 0. The van der Waals surface area contributed by atoms with Crippen molar-refractivity contribution in [2.45, 2.75) is 51.1 Å². The van der Waals surface area contributed by atoms with Crippen LogP contribution in [0.1, 0.15) is 39.0 Å². The number of anilines is 2. The van der Waals surface area contributed by atoms with Crippen LogP contribution in [0, 0.1) is 5.92 Å². The molecule has 3 aromatic rings. The smallest absolute Gasteiger partial charge is 0.224 e. The first kappa shape index (κ1) is 30.5. The van der Waals surface area contributed by atoms with E-state index in [2.05, 4.69) is 38.3 Å². The minimum atomic E-state index is 0.00261. The van der Waals surface area contributed by atoms with Gasteiger partial charge in [0, 0.05) is 80.5 Å². The predicted molar refractivity (Wildman–Crippen MR) is 174 cm³/mol. The second kappa shape index (κ2) is 14.1. The molecule has 2 saturated heterocycles. The highest BCUT2D eigenvalue weighted by Gasteiger charge is 2.34. The average molecular weight is 603 g/mol. The molecule has 4 N–H and O–H groups in total. The fourth-order valence-corrected chi connectivity index (χ4v) is 6.52. The highest BCUT2D eigenvalue weighted by molar-refractivity contribution is 5.94. The molecule has 1 saturated carbocycles. The van der Waals surface area contributed by atoms with Crippen LogP contribution in [0.5, 0.6) is 11.5 Å². The summed E-state index contributed by atoms with van der Waals surface area (Å²) in [7, 11) is 3.84. The van der Waals surface area contributed by atoms with Crippen molar-refractivity contribution < 1.29 is 14.3 Å². The Bertz CT molecular complexity index is 1440. The Hall–Kier alpha value is -3.51. The largest absolute Gasteiger partial charge is 0.493 e. The normalized spacial score (nSPS) is 22.5. The number of amides is 1. The van der Waals surface area contributed by atoms with Crippen LogP contribution in [0.15, 0.2) is 36.4 Å². The van der Waals surface area contributed by atoms with Gasteiger partial charge >= 0.3 is 0 Å². The third-order valence-electron chi connectivity index (χ3n) is 9.10. The zero-order chi connectivity index (χ0) is 30.5. The molecule has 3 aliphatic rings. The van der Waals surface area contributed by atoms with E-state index >= 15 is 0 Å². The lowest BCUT2D eigenvalue weighted by Gasteiger charge is -2.32. The zero-order valence-electron chi connectivity index (χ0n) is 26.2. The molecule has 6 rings (SSSR count). The van der Waals surface area contributed by atoms with Crippen molar-refractivity contribution in [3.8, 4) is 22.9 Å². The molecule has 1 aliphatic carbocycles. The van der Waals surface area contributed by atoms with Crippen molar-refractivity contribution in [2.75, 3.05) is 70.7 Å². The average Bonchev–Trinajstić information content (AvgIpc) is 3.50. The molecule has 0 bridgehead atoms. The summed E-state index contributed by atoms with van der Waals surface area (Å²) in [6, 6.07) is 12.5. The lowest BCUT2D eigenvalue weighted by Crippen LogP contribution is -2.45. The summed E-state index contributed by atoms with van der Waals surface area (Å²) in [5.74, 6) is 3.32. The monoisotopic (exact) mass is 602 g/mol. The molecule has 0 radical (unpaired) electrons. The van der Waals surface area contributed by atoms with Crippen molar-refractivity contribution in [3.05, 3.63) is 36.4 Å². The van der Waals surface area contributed by atoms with Crippen molar-refractivity contribution in [1.82, 2.24) is 30.6 Å². The molecule has 1 amide bonds. The van der Waals surface area contributed by atoms with Gasteiger partial charge in [0.2, 0.25) is 5.91 Å². The van der Waals surface area contributed by atoms with Gasteiger partial charge in [-0.05, 0) is 56.8 Å². The molecular weight excluding hydrogens is 556 g/mol. The molecule has 11 nitrogen and oxygen atoms in total. The number of hydrazine groups is 1. The van der Waals surface area contributed by atoms with Gasteiger partial charge < -0.3 is 25.0 Å². The Labute approximate surface area is 260 Å².